The van der Waals surface area contributed by atoms with Crippen LogP contribution in [-0.2, 0) is 0 Å². The van der Waals surface area contributed by atoms with Crippen LogP contribution < -0.4 is 5.73 Å². The molecule has 0 atom stereocenters. The Morgan fingerprint density at radius 2 is 2.19 bits per heavy atom. The van der Waals surface area contributed by atoms with Crippen LogP contribution in [0.5, 0.6) is 0 Å². The first kappa shape index (κ1) is 8.90. The molecule has 0 fully saturated rings. The van der Waals surface area contributed by atoms with E-state index in [1.165, 1.54) is 0 Å². The van der Waals surface area contributed by atoms with Crippen LogP contribution in [0.3, 0.4) is 0 Å². The molecule has 0 aliphatic rings. The molecule has 0 radical (unpaired) electrons. The number of hydrogen-bond donors (Lipinski definition) is 2. The van der Waals surface area contributed by atoms with Crippen molar-refractivity contribution in [3.63, 3.8) is 0 Å². The smallest absolute Gasteiger partial charge is 0.202 e. The van der Waals surface area contributed by atoms with Crippen LogP contribution in [-0.4, -0.2) is 20.1 Å². The summed E-state index contributed by atoms with van der Waals surface area (Å²) in [4.78, 5) is 11.5. The summed E-state index contributed by atoms with van der Waals surface area (Å²) < 4.78 is 5.11. The number of H-pyrrole nitrogens is 1. The maximum Gasteiger partial charge on any atom is 0.202 e. The van der Waals surface area contributed by atoms with Crippen LogP contribution in [0.1, 0.15) is 5.69 Å². The number of hydrogen-bond acceptors (Lipinski definition) is 5. The average molecular weight is 215 g/mol. The van der Waals surface area contributed by atoms with Crippen LogP contribution in [0.2, 0.25) is 0 Å². The fourth-order valence-corrected chi connectivity index (χ4v) is 1.50. The largest absolute Gasteiger partial charge is 0.384 e. The van der Waals surface area contributed by atoms with Crippen molar-refractivity contribution >= 4 is 17.0 Å². The Labute approximate surface area is 90.5 Å². The summed E-state index contributed by atoms with van der Waals surface area (Å²) in [6, 6.07) is 5.36. The lowest BCUT2D eigenvalue weighted by Crippen LogP contribution is -1.88. The molecule has 3 aromatic heterocycles. The van der Waals surface area contributed by atoms with Gasteiger partial charge in [0.2, 0.25) is 5.76 Å². The lowest BCUT2D eigenvalue weighted by atomic mass is 10.4. The molecule has 0 aliphatic heterocycles. The third-order valence-corrected chi connectivity index (χ3v) is 2.23. The van der Waals surface area contributed by atoms with Gasteiger partial charge in [-0.15, -0.1) is 0 Å². The molecule has 6 heteroatoms. The van der Waals surface area contributed by atoms with Crippen LogP contribution in [0.4, 0.5) is 5.82 Å². The van der Waals surface area contributed by atoms with Gasteiger partial charge in [0.15, 0.2) is 11.5 Å². The second kappa shape index (κ2) is 3.06. The molecule has 0 saturated carbocycles. The second-order valence-electron chi connectivity index (χ2n) is 3.53. The maximum absolute atomic E-state index is 5.58. The fraction of sp³-hybridized carbons (Fsp3) is 0.100. The SMILES string of the molecule is Cc1cc(-c2nc3nc(N)ccc3[nH]2)on1. The Kier molecular flexibility index (Phi) is 1.70. The molecule has 3 aromatic rings. The van der Waals surface area contributed by atoms with Crippen LogP contribution in [0.15, 0.2) is 22.7 Å². The van der Waals surface area contributed by atoms with Crippen molar-refractivity contribution in [2.45, 2.75) is 6.92 Å². The number of anilines is 1. The van der Waals surface area contributed by atoms with E-state index < -0.39 is 0 Å². The van der Waals surface area contributed by atoms with Gasteiger partial charge in [0.25, 0.3) is 0 Å². The third kappa shape index (κ3) is 1.31. The van der Waals surface area contributed by atoms with Gasteiger partial charge >= 0.3 is 0 Å². The molecule has 0 aliphatic carbocycles. The number of aryl methyl sites for hydroxylation is 1. The predicted molar refractivity (Wildman–Crippen MR) is 58.5 cm³/mol. The molecule has 80 valence electrons. The summed E-state index contributed by atoms with van der Waals surface area (Å²) in [5.74, 6) is 1.64. The van der Waals surface area contributed by atoms with Crippen molar-refractivity contribution in [1.29, 1.82) is 0 Å². The van der Waals surface area contributed by atoms with E-state index in [0.717, 1.165) is 11.2 Å². The number of nitrogens with zero attached hydrogens (tertiary/aromatic N) is 3. The van der Waals surface area contributed by atoms with Crippen molar-refractivity contribution in [2.75, 3.05) is 5.73 Å². The Morgan fingerprint density at radius 1 is 1.31 bits per heavy atom. The van der Waals surface area contributed by atoms with Gasteiger partial charge in [0.1, 0.15) is 5.82 Å². The van der Waals surface area contributed by atoms with E-state index >= 15 is 0 Å². The summed E-state index contributed by atoms with van der Waals surface area (Å²) in [5.41, 5.74) is 7.77. The zero-order valence-corrected chi connectivity index (χ0v) is 8.56. The van der Waals surface area contributed by atoms with Crippen molar-refractivity contribution in [3.8, 4) is 11.6 Å². The highest BCUT2D eigenvalue weighted by Gasteiger charge is 2.10. The molecule has 3 heterocycles. The molecular formula is C10H9N5O. The van der Waals surface area contributed by atoms with Crippen molar-refractivity contribution in [3.05, 3.63) is 23.9 Å². The van der Waals surface area contributed by atoms with E-state index in [0.29, 0.717) is 23.0 Å². The first-order valence-electron chi connectivity index (χ1n) is 4.78. The van der Waals surface area contributed by atoms with Gasteiger partial charge in [-0.1, -0.05) is 5.16 Å². The van der Waals surface area contributed by atoms with Gasteiger partial charge < -0.3 is 15.2 Å². The molecule has 0 unspecified atom stereocenters. The molecular weight excluding hydrogens is 206 g/mol. The van der Waals surface area contributed by atoms with E-state index in [1.807, 2.05) is 13.0 Å². The molecule has 3 rings (SSSR count). The lowest BCUT2D eigenvalue weighted by molar-refractivity contribution is 0.425. The maximum atomic E-state index is 5.58. The Balaban J connectivity index is 2.18. The minimum absolute atomic E-state index is 0.444. The summed E-state index contributed by atoms with van der Waals surface area (Å²) >= 11 is 0. The van der Waals surface area contributed by atoms with Gasteiger partial charge in [0.05, 0.1) is 11.2 Å². The van der Waals surface area contributed by atoms with Crippen molar-refractivity contribution in [2.24, 2.45) is 0 Å². The molecule has 6 nitrogen and oxygen atoms in total. The van der Waals surface area contributed by atoms with Crippen LogP contribution >= 0.6 is 0 Å². The van der Waals surface area contributed by atoms with E-state index in [9.17, 15) is 0 Å². The van der Waals surface area contributed by atoms with Gasteiger partial charge in [-0.3, -0.25) is 0 Å². The minimum atomic E-state index is 0.444. The van der Waals surface area contributed by atoms with E-state index in [4.69, 9.17) is 10.3 Å². The highest BCUT2D eigenvalue weighted by molar-refractivity contribution is 5.76. The Bertz CT molecular complexity index is 654. The lowest BCUT2D eigenvalue weighted by Gasteiger charge is -1.88. The number of pyridine rings is 1. The topological polar surface area (TPSA) is 93.6 Å². The second-order valence-corrected chi connectivity index (χ2v) is 3.53. The monoisotopic (exact) mass is 215 g/mol. The average Bonchev–Trinajstić information content (AvgIpc) is 2.83. The zero-order chi connectivity index (χ0) is 11.1. The fourth-order valence-electron chi connectivity index (χ4n) is 1.50. The third-order valence-electron chi connectivity index (χ3n) is 2.23. The number of nitrogens with two attached hydrogens (primary N) is 1. The van der Waals surface area contributed by atoms with Crippen LogP contribution in [0.25, 0.3) is 22.7 Å². The van der Waals surface area contributed by atoms with E-state index in [-0.39, 0.29) is 0 Å². The summed E-state index contributed by atoms with van der Waals surface area (Å²) in [6.07, 6.45) is 0. The predicted octanol–water partition coefficient (Wildman–Crippen LogP) is 1.50. The normalized spacial score (nSPS) is 11.1. The molecule has 0 saturated heterocycles. The van der Waals surface area contributed by atoms with Gasteiger partial charge in [0, 0.05) is 6.07 Å². The number of rotatable bonds is 1. The number of fused-ring (bicyclic) bond motifs is 1. The molecule has 16 heavy (non-hydrogen) atoms. The highest BCUT2D eigenvalue weighted by atomic mass is 16.5. The van der Waals surface area contributed by atoms with Crippen LogP contribution in [0, 0.1) is 6.92 Å². The first-order valence-corrected chi connectivity index (χ1v) is 4.78. The first-order chi connectivity index (χ1) is 7.72. The zero-order valence-electron chi connectivity index (χ0n) is 8.56. The number of nitrogens with one attached hydrogen (secondary N) is 1. The standard InChI is InChI=1S/C10H9N5O/c1-5-4-7(16-15-5)10-12-6-2-3-8(11)13-9(6)14-10/h2-4H,1H3,(H3,11,12,13,14). The molecule has 0 amide bonds. The highest BCUT2D eigenvalue weighted by Crippen LogP contribution is 2.20. The number of aromatic nitrogens is 4. The van der Waals surface area contributed by atoms with Crippen molar-refractivity contribution < 1.29 is 4.52 Å². The minimum Gasteiger partial charge on any atom is -0.384 e. The number of aromatic amines is 1. The molecule has 0 bridgehead atoms. The molecule has 3 N–H and O–H groups in total. The van der Waals surface area contributed by atoms with Gasteiger partial charge in [-0.25, -0.2) is 9.97 Å². The van der Waals surface area contributed by atoms with E-state index in [1.54, 1.807) is 12.1 Å². The van der Waals surface area contributed by atoms with Gasteiger partial charge in [-0.2, -0.15) is 0 Å². The Hall–Kier alpha value is -2.37. The number of nitrogen functional groups attached to an aromatic ring is 1. The number of imidazole rings is 1. The quantitative estimate of drug-likeness (QED) is 0.641. The Morgan fingerprint density at radius 3 is 2.94 bits per heavy atom. The van der Waals surface area contributed by atoms with E-state index in [2.05, 4.69) is 20.1 Å². The summed E-state index contributed by atoms with van der Waals surface area (Å²) in [5, 5.41) is 3.80. The summed E-state index contributed by atoms with van der Waals surface area (Å²) in [6.45, 7) is 1.85. The van der Waals surface area contributed by atoms with Gasteiger partial charge in [-0.05, 0) is 19.1 Å². The molecule has 0 aromatic carbocycles. The molecule has 0 spiro atoms. The van der Waals surface area contributed by atoms with Crippen molar-refractivity contribution in [1.82, 2.24) is 20.1 Å². The summed E-state index contributed by atoms with van der Waals surface area (Å²) in [7, 11) is 0.